The van der Waals surface area contributed by atoms with Crippen LogP contribution in [0.3, 0.4) is 0 Å². The lowest BCUT2D eigenvalue weighted by Gasteiger charge is -2.14. The van der Waals surface area contributed by atoms with Crippen LogP contribution in [0.15, 0.2) is 18.2 Å². The Morgan fingerprint density at radius 1 is 1.36 bits per heavy atom. The van der Waals surface area contributed by atoms with Crippen LogP contribution in [0.4, 0.5) is 4.39 Å². The number of aliphatic hydroxyl groups excluding tert-OH is 1. The molecular formula is C12H17FO. The first kappa shape index (κ1) is 11.2. The maximum absolute atomic E-state index is 13.1. The van der Waals surface area contributed by atoms with Crippen molar-refractivity contribution in [2.45, 2.75) is 32.9 Å². The molecule has 0 saturated heterocycles. The van der Waals surface area contributed by atoms with E-state index in [1.165, 1.54) is 6.92 Å². The van der Waals surface area contributed by atoms with Gasteiger partial charge in [0.25, 0.3) is 0 Å². The van der Waals surface area contributed by atoms with Crippen molar-refractivity contribution in [3.05, 3.63) is 34.9 Å². The van der Waals surface area contributed by atoms with Gasteiger partial charge in [0.2, 0.25) is 0 Å². The van der Waals surface area contributed by atoms with Crippen molar-refractivity contribution in [3.8, 4) is 0 Å². The van der Waals surface area contributed by atoms with Gasteiger partial charge in [0, 0.05) is 12.5 Å². The molecule has 78 valence electrons. The lowest BCUT2D eigenvalue weighted by atomic mass is 9.94. The fourth-order valence-electron chi connectivity index (χ4n) is 1.54. The summed E-state index contributed by atoms with van der Waals surface area (Å²) in [6.07, 6.45) is -0.944. The van der Waals surface area contributed by atoms with Crippen molar-refractivity contribution in [1.82, 2.24) is 0 Å². The van der Waals surface area contributed by atoms with Crippen LogP contribution in [0.1, 0.15) is 42.6 Å². The molecule has 1 aromatic carbocycles. The number of aliphatic hydroxyl groups is 1. The third kappa shape index (κ3) is 2.32. The fraction of sp³-hybridized carbons (Fsp3) is 0.500. The summed E-state index contributed by atoms with van der Waals surface area (Å²) in [6.45, 7) is 5.55. The average molecular weight is 196 g/mol. The molecule has 1 rings (SSSR count). The molecule has 0 aromatic heterocycles. The standard InChI is InChI=1S/C12H17FO/c1-8-4-5-11(10(3)13)6-12(8)9(2)7-14/h4-6,9-10,14H,7H2,1-3H3. The summed E-state index contributed by atoms with van der Waals surface area (Å²) >= 11 is 0. The van der Waals surface area contributed by atoms with Crippen molar-refractivity contribution in [2.75, 3.05) is 6.61 Å². The minimum atomic E-state index is -0.944. The summed E-state index contributed by atoms with van der Waals surface area (Å²) < 4.78 is 13.1. The highest BCUT2D eigenvalue weighted by molar-refractivity contribution is 5.34. The molecule has 0 bridgehead atoms. The van der Waals surface area contributed by atoms with Gasteiger partial charge in [-0.3, -0.25) is 0 Å². The summed E-state index contributed by atoms with van der Waals surface area (Å²) in [5.74, 6) is 0.0775. The zero-order valence-electron chi connectivity index (χ0n) is 8.92. The Morgan fingerprint density at radius 2 is 2.00 bits per heavy atom. The van der Waals surface area contributed by atoms with E-state index in [4.69, 9.17) is 5.11 Å². The molecule has 0 aliphatic carbocycles. The topological polar surface area (TPSA) is 20.2 Å². The number of alkyl halides is 1. The van der Waals surface area contributed by atoms with Gasteiger partial charge in [-0.15, -0.1) is 0 Å². The minimum Gasteiger partial charge on any atom is -0.396 e. The lowest BCUT2D eigenvalue weighted by molar-refractivity contribution is 0.272. The van der Waals surface area contributed by atoms with E-state index < -0.39 is 6.17 Å². The minimum absolute atomic E-state index is 0.0775. The first-order chi connectivity index (χ1) is 6.56. The summed E-state index contributed by atoms with van der Waals surface area (Å²) in [6, 6.07) is 5.56. The Bertz CT molecular complexity index is 307. The maximum atomic E-state index is 13.1. The Morgan fingerprint density at radius 3 is 2.50 bits per heavy atom. The van der Waals surface area contributed by atoms with Gasteiger partial charge < -0.3 is 5.11 Å². The van der Waals surface area contributed by atoms with Crippen LogP contribution in [0, 0.1) is 6.92 Å². The zero-order chi connectivity index (χ0) is 10.7. The highest BCUT2D eigenvalue weighted by Gasteiger charge is 2.10. The normalized spacial score (nSPS) is 15.2. The molecule has 1 N–H and O–H groups in total. The van der Waals surface area contributed by atoms with E-state index in [1.807, 2.05) is 26.0 Å². The maximum Gasteiger partial charge on any atom is 0.122 e. The Kier molecular flexibility index (Phi) is 3.64. The van der Waals surface area contributed by atoms with Crippen LogP contribution in [0.25, 0.3) is 0 Å². The molecular weight excluding hydrogens is 179 g/mol. The molecule has 0 aliphatic heterocycles. The highest BCUT2D eigenvalue weighted by Crippen LogP contribution is 2.24. The average Bonchev–Trinajstić information content (AvgIpc) is 2.17. The summed E-state index contributed by atoms with van der Waals surface area (Å²) in [5, 5.41) is 9.05. The number of hydrogen-bond acceptors (Lipinski definition) is 1. The summed E-state index contributed by atoms with van der Waals surface area (Å²) in [5.41, 5.74) is 2.83. The van der Waals surface area contributed by atoms with Gasteiger partial charge in [-0.2, -0.15) is 0 Å². The van der Waals surface area contributed by atoms with Gasteiger partial charge in [-0.05, 0) is 30.5 Å². The van der Waals surface area contributed by atoms with Gasteiger partial charge in [-0.1, -0.05) is 25.1 Å². The largest absolute Gasteiger partial charge is 0.396 e. The van der Waals surface area contributed by atoms with Crippen LogP contribution >= 0.6 is 0 Å². The molecule has 0 saturated carbocycles. The molecule has 0 fully saturated rings. The van der Waals surface area contributed by atoms with E-state index in [1.54, 1.807) is 6.07 Å². The number of rotatable bonds is 3. The second-order valence-electron chi connectivity index (χ2n) is 3.82. The number of aryl methyl sites for hydroxylation is 1. The molecule has 0 amide bonds. The van der Waals surface area contributed by atoms with Crippen molar-refractivity contribution in [2.24, 2.45) is 0 Å². The second kappa shape index (κ2) is 4.56. The highest BCUT2D eigenvalue weighted by atomic mass is 19.1. The van der Waals surface area contributed by atoms with E-state index in [9.17, 15) is 4.39 Å². The SMILES string of the molecule is Cc1ccc(C(C)F)cc1C(C)CO. The summed E-state index contributed by atoms with van der Waals surface area (Å²) in [7, 11) is 0. The number of hydrogen-bond donors (Lipinski definition) is 1. The molecule has 0 radical (unpaired) electrons. The van der Waals surface area contributed by atoms with E-state index >= 15 is 0 Å². The van der Waals surface area contributed by atoms with Crippen LogP contribution in [-0.2, 0) is 0 Å². The lowest BCUT2D eigenvalue weighted by Crippen LogP contribution is -2.02. The smallest absolute Gasteiger partial charge is 0.122 e. The first-order valence-corrected chi connectivity index (χ1v) is 4.91. The molecule has 0 aliphatic rings. The van der Waals surface area contributed by atoms with E-state index in [-0.39, 0.29) is 12.5 Å². The Hall–Kier alpha value is -0.890. The predicted molar refractivity (Wildman–Crippen MR) is 56.2 cm³/mol. The molecule has 14 heavy (non-hydrogen) atoms. The van der Waals surface area contributed by atoms with Crippen LogP contribution in [0.5, 0.6) is 0 Å². The molecule has 1 aromatic rings. The fourth-order valence-corrected chi connectivity index (χ4v) is 1.54. The van der Waals surface area contributed by atoms with Crippen LogP contribution in [0.2, 0.25) is 0 Å². The van der Waals surface area contributed by atoms with E-state index in [2.05, 4.69) is 0 Å². The van der Waals surface area contributed by atoms with Gasteiger partial charge >= 0.3 is 0 Å². The number of halogens is 1. The predicted octanol–water partition coefficient (Wildman–Crippen LogP) is 3.12. The molecule has 0 spiro atoms. The third-order valence-electron chi connectivity index (χ3n) is 2.57. The quantitative estimate of drug-likeness (QED) is 0.787. The first-order valence-electron chi connectivity index (χ1n) is 4.91. The van der Waals surface area contributed by atoms with Crippen molar-refractivity contribution in [3.63, 3.8) is 0 Å². The molecule has 2 atom stereocenters. The third-order valence-corrected chi connectivity index (χ3v) is 2.57. The van der Waals surface area contributed by atoms with E-state index in [0.29, 0.717) is 5.56 Å². The van der Waals surface area contributed by atoms with Gasteiger partial charge in [-0.25, -0.2) is 4.39 Å². The molecule has 0 heterocycles. The van der Waals surface area contributed by atoms with Crippen molar-refractivity contribution in [1.29, 1.82) is 0 Å². The van der Waals surface area contributed by atoms with Gasteiger partial charge in [0.05, 0.1) is 0 Å². The molecule has 2 heteroatoms. The van der Waals surface area contributed by atoms with Crippen molar-refractivity contribution < 1.29 is 9.50 Å². The van der Waals surface area contributed by atoms with Gasteiger partial charge in [0.1, 0.15) is 6.17 Å². The monoisotopic (exact) mass is 196 g/mol. The molecule has 1 nitrogen and oxygen atoms in total. The Labute approximate surface area is 84.6 Å². The van der Waals surface area contributed by atoms with Crippen molar-refractivity contribution >= 4 is 0 Å². The van der Waals surface area contributed by atoms with Gasteiger partial charge in [0.15, 0.2) is 0 Å². The second-order valence-corrected chi connectivity index (χ2v) is 3.82. The molecule has 2 unspecified atom stereocenters. The summed E-state index contributed by atoms with van der Waals surface area (Å²) in [4.78, 5) is 0. The van der Waals surface area contributed by atoms with Crippen LogP contribution in [-0.4, -0.2) is 11.7 Å². The zero-order valence-corrected chi connectivity index (χ0v) is 8.92. The Balaban J connectivity index is 3.08. The number of benzene rings is 1. The van der Waals surface area contributed by atoms with E-state index in [0.717, 1.165) is 11.1 Å². The van der Waals surface area contributed by atoms with Crippen LogP contribution < -0.4 is 0 Å².